The van der Waals surface area contributed by atoms with E-state index in [1.165, 1.54) is 12.1 Å². The van der Waals surface area contributed by atoms with Crippen LogP contribution in [0.5, 0.6) is 0 Å². The van der Waals surface area contributed by atoms with Gasteiger partial charge in [0.2, 0.25) is 0 Å². The van der Waals surface area contributed by atoms with Crippen molar-refractivity contribution in [1.29, 1.82) is 0 Å². The van der Waals surface area contributed by atoms with E-state index in [2.05, 4.69) is 16.4 Å². The largest absolute Gasteiger partial charge is 0.352 e. The lowest BCUT2D eigenvalue weighted by Crippen LogP contribution is -2.25. The van der Waals surface area contributed by atoms with Gasteiger partial charge in [-0.25, -0.2) is 4.98 Å². The van der Waals surface area contributed by atoms with Gasteiger partial charge in [-0.1, -0.05) is 36.4 Å². The van der Waals surface area contributed by atoms with Gasteiger partial charge in [0.1, 0.15) is 5.65 Å². The number of carbonyl (C=O) groups excluding carboxylic acids is 1. The first-order valence-electron chi connectivity index (χ1n) is 10.6. The van der Waals surface area contributed by atoms with Crippen LogP contribution in [-0.4, -0.2) is 27.3 Å². The summed E-state index contributed by atoms with van der Waals surface area (Å²) in [7, 11) is 0. The second-order valence-corrected chi connectivity index (χ2v) is 7.78. The number of benzene rings is 3. The highest BCUT2D eigenvalue weighted by Gasteiger charge is 2.11. The van der Waals surface area contributed by atoms with Gasteiger partial charge in [-0.2, -0.15) is 0 Å². The van der Waals surface area contributed by atoms with Crippen molar-refractivity contribution in [2.45, 2.75) is 6.42 Å². The number of aromatic amines is 1. The standard InChI is InChI=1S/C26H20N4O3/c31-26(18-5-2-1-3-6-18)27-14-13-17-9-11-24-22(15-17)21-10-12-23(28-25(21)29-24)19-7-4-8-20(16-19)30(32)33/h1-12,15-16H,13-14H2,(H,27,31)(H,28,29). The molecule has 5 aromatic rings. The molecule has 2 aromatic heterocycles. The highest BCUT2D eigenvalue weighted by molar-refractivity contribution is 6.06. The molecule has 0 atom stereocenters. The SMILES string of the molecule is O=C(NCCc1ccc2[nH]c3nc(-c4cccc([N+](=O)[O-])c4)ccc3c2c1)c1ccccc1. The molecule has 0 spiro atoms. The van der Waals surface area contributed by atoms with Gasteiger partial charge in [0.05, 0.1) is 10.6 Å². The third-order valence-corrected chi connectivity index (χ3v) is 5.61. The van der Waals surface area contributed by atoms with Gasteiger partial charge < -0.3 is 10.3 Å². The fourth-order valence-corrected chi connectivity index (χ4v) is 3.93. The molecule has 0 saturated heterocycles. The summed E-state index contributed by atoms with van der Waals surface area (Å²) in [4.78, 5) is 30.9. The predicted octanol–water partition coefficient (Wildman–Crippen LogP) is 5.26. The first kappa shape index (κ1) is 20.4. The Balaban J connectivity index is 1.37. The van der Waals surface area contributed by atoms with E-state index in [1.54, 1.807) is 18.2 Å². The Kier molecular flexibility index (Phi) is 5.28. The molecule has 5 rings (SSSR count). The Labute approximate surface area is 189 Å². The van der Waals surface area contributed by atoms with Crippen LogP contribution in [0.25, 0.3) is 33.2 Å². The van der Waals surface area contributed by atoms with Crippen LogP contribution >= 0.6 is 0 Å². The lowest BCUT2D eigenvalue weighted by atomic mass is 10.1. The fourth-order valence-electron chi connectivity index (χ4n) is 3.93. The number of hydrogen-bond acceptors (Lipinski definition) is 4. The Morgan fingerprint density at radius 3 is 2.61 bits per heavy atom. The van der Waals surface area contributed by atoms with Gasteiger partial charge >= 0.3 is 0 Å². The van der Waals surface area contributed by atoms with Crippen molar-refractivity contribution < 1.29 is 9.72 Å². The second kappa shape index (κ2) is 8.55. The number of H-pyrrole nitrogens is 1. The summed E-state index contributed by atoms with van der Waals surface area (Å²) < 4.78 is 0. The number of nitro groups is 1. The van der Waals surface area contributed by atoms with Crippen LogP contribution < -0.4 is 5.32 Å². The minimum atomic E-state index is -0.408. The maximum atomic E-state index is 12.2. The summed E-state index contributed by atoms with van der Waals surface area (Å²) in [6.07, 6.45) is 0.709. The maximum Gasteiger partial charge on any atom is 0.270 e. The zero-order chi connectivity index (χ0) is 22.8. The van der Waals surface area contributed by atoms with Gasteiger partial charge in [0, 0.05) is 46.1 Å². The Hall–Kier alpha value is -4.52. The molecule has 0 aliphatic carbocycles. The number of hydrogen-bond donors (Lipinski definition) is 2. The summed E-state index contributed by atoms with van der Waals surface area (Å²) in [6.45, 7) is 0.538. The summed E-state index contributed by atoms with van der Waals surface area (Å²) in [5, 5.41) is 16.1. The number of non-ortho nitro benzene ring substituents is 1. The van der Waals surface area contributed by atoms with E-state index in [0.29, 0.717) is 29.8 Å². The average molecular weight is 436 g/mol. The smallest absolute Gasteiger partial charge is 0.270 e. The van der Waals surface area contributed by atoms with Crippen molar-refractivity contribution in [3.8, 4) is 11.3 Å². The van der Waals surface area contributed by atoms with Crippen LogP contribution in [0.3, 0.4) is 0 Å². The molecule has 0 aliphatic rings. The third kappa shape index (κ3) is 4.16. The van der Waals surface area contributed by atoms with Crippen molar-refractivity contribution >= 4 is 33.5 Å². The number of fused-ring (bicyclic) bond motifs is 3. The van der Waals surface area contributed by atoms with Gasteiger partial charge in [-0.15, -0.1) is 0 Å². The van der Waals surface area contributed by atoms with Crippen molar-refractivity contribution in [3.05, 3.63) is 106 Å². The summed E-state index contributed by atoms with van der Waals surface area (Å²) in [5.41, 5.74) is 4.85. The van der Waals surface area contributed by atoms with Gasteiger partial charge in [0.15, 0.2) is 0 Å². The zero-order valence-corrected chi connectivity index (χ0v) is 17.6. The number of rotatable bonds is 6. The summed E-state index contributed by atoms with van der Waals surface area (Å²) in [6, 6.07) is 25.6. The normalized spacial score (nSPS) is 11.0. The topological polar surface area (TPSA) is 101 Å². The molecule has 7 heteroatoms. The predicted molar refractivity (Wildman–Crippen MR) is 128 cm³/mol. The Morgan fingerprint density at radius 2 is 1.79 bits per heavy atom. The minimum Gasteiger partial charge on any atom is -0.352 e. The maximum absolute atomic E-state index is 12.2. The number of nitrogens with zero attached hydrogens (tertiary/aromatic N) is 2. The Morgan fingerprint density at radius 1 is 0.939 bits per heavy atom. The van der Waals surface area contributed by atoms with E-state index in [0.717, 1.165) is 27.5 Å². The van der Waals surface area contributed by atoms with E-state index < -0.39 is 4.92 Å². The van der Waals surface area contributed by atoms with Crippen molar-refractivity contribution in [2.75, 3.05) is 6.54 Å². The number of amides is 1. The quantitative estimate of drug-likeness (QED) is 0.280. The highest BCUT2D eigenvalue weighted by Crippen LogP contribution is 2.29. The number of nitrogens with one attached hydrogen (secondary N) is 2. The monoisotopic (exact) mass is 436 g/mol. The number of nitro benzene ring substituents is 1. The number of carbonyl (C=O) groups is 1. The van der Waals surface area contributed by atoms with E-state index in [1.807, 2.05) is 48.5 Å². The molecule has 0 aliphatic heterocycles. The van der Waals surface area contributed by atoms with Crippen molar-refractivity contribution in [2.24, 2.45) is 0 Å². The highest BCUT2D eigenvalue weighted by atomic mass is 16.6. The molecule has 0 unspecified atom stereocenters. The zero-order valence-electron chi connectivity index (χ0n) is 17.6. The molecule has 7 nitrogen and oxygen atoms in total. The van der Waals surface area contributed by atoms with E-state index in [9.17, 15) is 14.9 Å². The van der Waals surface area contributed by atoms with Gasteiger partial charge in [-0.05, 0) is 48.4 Å². The lowest BCUT2D eigenvalue weighted by Gasteiger charge is -2.06. The molecule has 0 fully saturated rings. The minimum absolute atomic E-state index is 0.0371. The molecule has 0 saturated carbocycles. The van der Waals surface area contributed by atoms with Gasteiger partial charge in [-0.3, -0.25) is 14.9 Å². The molecule has 162 valence electrons. The van der Waals surface area contributed by atoms with E-state index in [-0.39, 0.29) is 11.6 Å². The van der Waals surface area contributed by atoms with Crippen LogP contribution in [0.15, 0.2) is 84.9 Å². The molecule has 33 heavy (non-hydrogen) atoms. The molecule has 3 aromatic carbocycles. The van der Waals surface area contributed by atoms with E-state index in [4.69, 9.17) is 4.98 Å². The van der Waals surface area contributed by atoms with E-state index >= 15 is 0 Å². The molecule has 2 N–H and O–H groups in total. The fraction of sp³-hybridized carbons (Fsp3) is 0.0769. The molecular formula is C26H20N4O3. The van der Waals surface area contributed by atoms with Crippen molar-refractivity contribution in [1.82, 2.24) is 15.3 Å². The summed E-state index contributed by atoms with van der Waals surface area (Å²) >= 11 is 0. The van der Waals surface area contributed by atoms with Crippen molar-refractivity contribution in [3.63, 3.8) is 0 Å². The van der Waals surface area contributed by atoms with Gasteiger partial charge in [0.25, 0.3) is 11.6 Å². The van der Waals surface area contributed by atoms with Crippen LogP contribution in [0.1, 0.15) is 15.9 Å². The molecular weight excluding hydrogens is 416 g/mol. The first-order chi connectivity index (χ1) is 16.1. The number of aromatic nitrogens is 2. The van der Waals surface area contributed by atoms with Crippen LogP contribution in [0, 0.1) is 10.1 Å². The van der Waals surface area contributed by atoms with Crippen LogP contribution in [0.2, 0.25) is 0 Å². The number of pyridine rings is 1. The molecule has 0 bridgehead atoms. The van der Waals surface area contributed by atoms with Crippen LogP contribution in [-0.2, 0) is 6.42 Å². The average Bonchev–Trinajstić information content (AvgIpc) is 3.21. The molecule has 2 heterocycles. The molecule has 0 radical (unpaired) electrons. The van der Waals surface area contributed by atoms with Crippen LogP contribution in [0.4, 0.5) is 5.69 Å². The lowest BCUT2D eigenvalue weighted by molar-refractivity contribution is -0.384. The Bertz CT molecular complexity index is 1490. The third-order valence-electron chi connectivity index (χ3n) is 5.61. The summed E-state index contributed by atoms with van der Waals surface area (Å²) in [5.74, 6) is -0.0818. The second-order valence-electron chi connectivity index (χ2n) is 7.78. The first-order valence-corrected chi connectivity index (χ1v) is 10.6. The molecule has 1 amide bonds.